The molecular weight excluding hydrogens is 372 g/mol. The van der Waals surface area contributed by atoms with Gasteiger partial charge in [-0.05, 0) is 35.8 Å². The standard InChI is InChI=1S/C26H22N2O2/c1-26(2)16-12-20(26)22-21(13-16)27-25(28-22)15-9-7-14(8-10-15)11-19-23(29)17-5-3-4-6-18(17)24(19)30/h3-11,16,20H,12-13H2,1-2H3,(H,27,28). The lowest BCUT2D eigenvalue weighted by Gasteiger charge is -2.55. The summed E-state index contributed by atoms with van der Waals surface area (Å²) in [4.78, 5) is 33.7. The van der Waals surface area contributed by atoms with E-state index in [0.29, 0.717) is 22.5 Å². The molecule has 1 heterocycles. The van der Waals surface area contributed by atoms with Crippen molar-refractivity contribution in [3.8, 4) is 11.4 Å². The largest absolute Gasteiger partial charge is 0.342 e. The zero-order chi connectivity index (χ0) is 20.6. The number of rotatable bonds is 2. The van der Waals surface area contributed by atoms with Crippen LogP contribution in [-0.4, -0.2) is 21.5 Å². The van der Waals surface area contributed by atoms with E-state index in [1.165, 1.54) is 17.8 Å². The molecule has 2 unspecified atom stereocenters. The van der Waals surface area contributed by atoms with Crippen molar-refractivity contribution < 1.29 is 9.59 Å². The molecule has 0 amide bonds. The minimum atomic E-state index is -0.194. The molecular formula is C26H22N2O2. The summed E-state index contributed by atoms with van der Waals surface area (Å²) < 4.78 is 0. The van der Waals surface area contributed by atoms with Gasteiger partial charge in [-0.1, -0.05) is 62.4 Å². The number of benzene rings is 2. The number of hydrogen-bond acceptors (Lipinski definition) is 3. The minimum Gasteiger partial charge on any atom is -0.342 e. The highest BCUT2D eigenvalue weighted by Crippen LogP contribution is 2.61. The van der Waals surface area contributed by atoms with E-state index in [1.807, 2.05) is 24.3 Å². The third kappa shape index (κ3) is 2.30. The number of fused-ring (bicyclic) bond motifs is 1. The van der Waals surface area contributed by atoms with Crippen molar-refractivity contribution in [2.45, 2.75) is 32.6 Å². The molecule has 0 spiro atoms. The predicted octanol–water partition coefficient (Wildman–Crippen LogP) is 5.23. The van der Waals surface area contributed by atoms with Crippen LogP contribution in [0.15, 0.2) is 54.1 Å². The van der Waals surface area contributed by atoms with E-state index in [2.05, 4.69) is 18.8 Å². The summed E-state index contributed by atoms with van der Waals surface area (Å²) >= 11 is 0. The van der Waals surface area contributed by atoms with E-state index >= 15 is 0 Å². The lowest BCUT2D eigenvalue weighted by Crippen LogP contribution is -2.48. The molecule has 3 aromatic rings. The number of aromatic nitrogens is 2. The molecule has 2 atom stereocenters. The second-order valence-electron chi connectivity index (χ2n) is 9.34. The number of Topliss-reactive ketones (excluding diaryl/α,β-unsaturated/α-hetero) is 2. The summed E-state index contributed by atoms with van der Waals surface area (Å²) in [6.07, 6.45) is 4.03. The third-order valence-electron chi connectivity index (χ3n) is 7.46. The highest BCUT2D eigenvalue weighted by atomic mass is 16.2. The monoisotopic (exact) mass is 394 g/mol. The lowest BCUT2D eigenvalue weighted by molar-refractivity contribution is 0.0153. The summed E-state index contributed by atoms with van der Waals surface area (Å²) in [6.45, 7) is 4.71. The Bertz CT molecular complexity index is 1220. The van der Waals surface area contributed by atoms with Gasteiger partial charge in [0.1, 0.15) is 5.82 Å². The first-order valence-electron chi connectivity index (χ1n) is 10.5. The summed E-state index contributed by atoms with van der Waals surface area (Å²) in [5, 5.41) is 0. The number of nitrogens with zero attached hydrogens (tertiary/aromatic N) is 1. The Morgan fingerprint density at radius 1 is 1.00 bits per heavy atom. The van der Waals surface area contributed by atoms with Crippen LogP contribution in [0.2, 0.25) is 0 Å². The maximum atomic E-state index is 12.6. The van der Waals surface area contributed by atoms with Crippen LogP contribution in [0.25, 0.3) is 17.5 Å². The molecule has 1 fully saturated rings. The summed E-state index contributed by atoms with van der Waals surface area (Å²) in [5.41, 5.74) is 5.96. The number of H-pyrrole nitrogens is 1. The van der Waals surface area contributed by atoms with E-state index in [4.69, 9.17) is 4.98 Å². The highest BCUT2D eigenvalue weighted by Gasteiger charge is 2.54. The van der Waals surface area contributed by atoms with E-state index in [-0.39, 0.29) is 17.1 Å². The minimum absolute atomic E-state index is 0.194. The van der Waals surface area contributed by atoms with E-state index < -0.39 is 0 Å². The SMILES string of the molecule is CC1(C)C2Cc3[nH]c(-c4ccc(C=C5C(=O)c6ccccc6C5=O)cc4)nc3C1C2. The molecule has 4 aliphatic rings. The normalized spacial score (nSPS) is 23.1. The Hall–Kier alpha value is -3.27. The van der Waals surface area contributed by atoms with Crippen molar-refractivity contribution in [2.75, 3.05) is 0 Å². The Kier molecular flexibility index (Phi) is 3.45. The van der Waals surface area contributed by atoms with Crippen LogP contribution < -0.4 is 0 Å². The number of hydrogen-bond donors (Lipinski definition) is 1. The smallest absolute Gasteiger partial charge is 0.197 e. The number of ketones is 2. The van der Waals surface area contributed by atoms with Gasteiger partial charge in [0.15, 0.2) is 11.6 Å². The van der Waals surface area contributed by atoms with Gasteiger partial charge in [-0.15, -0.1) is 0 Å². The Balaban J connectivity index is 1.30. The second-order valence-corrected chi connectivity index (χ2v) is 9.34. The molecule has 4 heteroatoms. The number of aromatic amines is 1. The first kappa shape index (κ1) is 17.6. The van der Waals surface area contributed by atoms with Gasteiger partial charge >= 0.3 is 0 Å². The zero-order valence-corrected chi connectivity index (χ0v) is 17.0. The fraction of sp³-hybridized carbons (Fsp3) is 0.269. The second kappa shape index (κ2) is 5.88. The van der Waals surface area contributed by atoms with Gasteiger partial charge in [0.25, 0.3) is 0 Å². The van der Waals surface area contributed by atoms with Gasteiger partial charge < -0.3 is 4.98 Å². The number of imidazole rings is 1. The molecule has 4 nitrogen and oxygen atoms in total. The quantitative estimate of drug-likeness (QED) is 0.478. The first-order chi connectivity index (χ1) is 14.4. The van der Waals surface area contributed by atoms with Gasteiger partial charge in [0.2, 0.25) is 0 Å². The fourth-order valence-corrected chi connectivity index (χ4v) is 5.38. The average Bonchev–Trinajstić information content (AvgIpc) is 3.30. The molecule has 2 aromatic carbocycles. The lowest BCUT2D eigenvalue weighted by atomic mass is 9.49. The molecule has 1 saturated carbocycles. The number of carbonyl (C=O) groups excluding carboxylic acids is 2. The fourth-order valence-electron chi connectivity index (χ4n) is 5.38. The molecule has 0 saturated heterocycles. The molecule has 0 aliphatic heterocycles. The molecule has 30 heavy (non-hydrogen) atoms. The van der Waals surface area contributed by atoms with E-state index in [0.717, 1.165) is 29.3 Å². The summed E-state index contributed by atoms with van der Waals surface area (Å²) in [7, 11) is 0. The van der Waals surface area contributed by atoms with Crippen molar-refractivity contribution in [3.63, 3.8) is 0 Å². The van der Waals surface area contributed by atoms with Gasteiger partial charge in [-0.2, -0.15) is 0 Å². The third-order valence-corrected chi connectivity index (χ3v) is 7.46. The molecule has 2 bridgehead atoms. The topological polar surface area (TPSA) is 62.8 Å². The van der Waals surface area contributed by atoms with Crippen LogP contribution >= 0.6 is 0 Å². The van der Waals surface area contributed by atoms with E-state index in [9.17, 15) is 9.59 Å². The van der Waals surface area contributed by atoms with Crippen LogP contribution in [0.5, 0.6) is 0 Å². The van der Waals surface area contributed by atoms with Crippen LogP contribution in [0.1, 0.15) is 63.9 Å². The van der Waals surface area contributed by atoms with E-state index in [1.54, 1.807) is 30.3 Å². The zero-order valence-electron chi connectivity index (χ0n) is 17.0. The van der Waals surface area contributed by atoms with Crippen molar-refractivity contribution in [1.82, 2.24) is 9.97 Å². The first-order valence-corrected chi connectivity index (χ1v) is 10.5. The molecule has 1 aromatic heterocycles. The van der Waals surface area contributed by atoms with Crippen LogP contribution in [0, 0.1) is 11.3 Å². The van der Waals surface area contributed by atoms with Crippen LogP contribution in [0.4, 0.5) is 0 Å². The molecule has 4 aliphatic carbocycles. The molecule has 7 rings (SSSR count). The van der Waals surface area contributed by atoms with Gasteiger partial charge in [0, 0.05) is 28.3 Å². The summed E-state index contributed by atoms with van der Waals surface area (Å²) in [5.74, 6) is 1.83. The maximum absolute atomic E-state index is 12.6. The Labute approximate surface area is 175 Å². The molecule has 148 valence electrons. The van der Waals surface area contributed by atoms with Crippen molar-refractivity contribution in [1.29, 1.82) is 0 Å². The van der Waals surface area contributed by atoms with Crippen molar-refractivity contribution in [2.24, 2.45) is 11.3 Å². The van der Waals surface area contributed by atoms with Crippen LogP contribution in [0.3, 0.4) is 0 Å². The Morgan fingerprint density at radius 3 is 2.30 bits per heavy atom. The number of carbonyl (C=O) groups is 2. The predicted molar refractivity (Wildman–Crippen MR) is 115 cm³/mol. The van der Waals surface area contributed by atoms with Gasteiger partial charge in [0.05, 0.1) is 11.3 Å². The van der Waals surface area contributed by atoms with Gasteiger partial charge in [-0.25, -0.2) is 4.98 Å². The van der Waals surface area contributed by atoms with Crippen molar-refractivity contribution in [3.05, 3.63) is 82.2 Å². The van der Waals surface area contributed by atoms with Crippen molar-refractivity contribution >= 4 is 17.6 Å². The van der Waals surface area contributed by atoms with Crippen LogP contribution in [-0.2, 0) is 6.42 Å². The van der Waals surface area contributed by atoms with Gasteiger partial charge in [-0.3, -0.25) is 9.59 Å². The number of nitrogens with one attached hydrogen (secondary N) is 1. The average molecular weight is 394 g/mol. The molecule has 1 N–H and O–H groups in total. The summed E-state index contributed by atoms with van der Waals surface area (Å²) in [6, 6.07) is 14.9. The number of allylic oxidation sites excluding steroid dienone is 1. The molecule has 0 radical (unpaired) electrons. The Morgan fingerprint density at radius 2 is 1.67 bits per heavy atom. The highest BCUT2D eigenvalue weighted by molar-refractivity contribution is 6.41. The maximum Gasteiger partial charge on any atom is 0.197 e.